The SMILES string of the molecule is Cc1cc(C)n2nc(C(=O)OCC(=O)Nc3ccc(I)cc3)nc2n1. The van der Waals surface area contributed by atoms with E-state index in [2.05, 4.69) is 43.0 Å². The van der Waals surface area contributed by atoms with Gasteiger partial charge < -0.3 is 10.1 Å². The molecule has 2 aromatic heterocycles. The second kappa shape index (κ2) is 7.13. The summed E-state index contributed by atoms with van der Waals surface area (Å²) in [6, 6.07) is 9.08. The summed E-state index contributed by atoms with van der Waals surface area (Å²) >= 11 is 2.17. The zero-order valence-corrected chi connectivity index (χ0v) is 15.6. The number of nitrogens with zero attached hydrogens (tertiary/aromatic N) is 4. The Kier molecular flexibility index (Phi) is 4.93. The van der Waals surface area contributed by atoms with E-state index in [0.717, 1.165) is 15.0 Å². The minimum atomic E-state index is -0.777. The average Bonchev–Trinajstić information content (AvgIpc) is 2.99. The fourth-order valence-corrected chi connectivity index (χ4v) is 2.54. The molecule has 2 heterocycles. The fourth-order valence-electron chi connectivity index (χ4n) is 2.18. The van der Waals surface area contributed by atoms with Crippen LogP contribution in [-0.4, -0.2) is 38.1 Å². The van der Waals surface area contributed by atoms with Crippen molar-refractivity contribution in [2.75, 3.05) is 11.9 Å². The van der Waals surface area contributed by atoms with Gasteiger partial charge in [-0.25, -0.2) is 14.3 Å². The summed E-state index contributed by atoms with van der Waals surface area (Å²) in [6.07, 6.45) is 0. The standard InChI is InChI=1S/C16H14IN5O3/c1-9-7-10(2)22-16(18-9)20-14(21-22)15(24)25-8-13(23)19-12-5-3-11(17)4-6-12/h3-7H,8H2,1-2H3,(H,19,23). The number of hydrogen-bond donors (Lipinski definition) is 1. The van der Waals surface area contributed by atoms with Crippen LogP contribution in [0.4, 0.5) is 5.69 Å². The van der Waals surface area contributed by atoms with Crippen molar-refractivity contribution in [3.05, 3.63) is 51.1 Å². The third kappa shape index (κ3) is 4.10. The molecule has 128 valence electrons. The number of carbonyl (C=O) groups excluding carboxylic acids is 2. The van der Waals surface area contributed by atoms with Gasteiger partial charge in [0.05, 0.1) is 0 Å². The van der Waals surface area contributed by atoms with E-state index in [1.54, 1.807) is 12.1 Å². The van der Waals surface area contributed by atoms with Gasteiger partial charge >= 0.3 is 5.97 Å². The molecule has 0 bridgehead atoms. The van der Waals surface area contributed by atoms with Crippen LogP contribution in [0.25, 0.3) is 5.78 Å². The van der Waals surface area contributed by atoms with Gasteiger partial charge in [0.15, 0.2) is 6.61 Å². The smallest absolute Gasteiger partial charge is 0.378 e. The number of amides is 1. The molecular weight excluding hydrogens is 437 g/mol. The van der Waals surface area contributed by atoms with Gasteiger partial charge in [0.25, 0.3) is 17.5 Å². The highest BCUT2D eigenvalue weighted by Crippen LogP contribution is 2.11. The first kappa shape index (κ1) is 17.3. The first-order valence-corrected chi connectivity index (χ1v) is 8.44. The zero-order valence-electron chi connectivity index (χ0n) is 13.5. The number of rotatable bonds is 4. The molecule has 0 unspecified atom stereocenters. The van der Waals surface area contributed by atoms with Crippen LogP contribution in [0.15, 0.2) is 30.3 Å². The average molecular weight is 451 g/mol. The molecule has 1 aromatic carbocycles. The topological polar surface area (TPSA) is 98.5 Å². The molecule has 0 spiro atoms. The van der Waals surface area contributed by atoms with Crippen molar-refractivity contribution in [3.8, 4) is 0 Å². The van der Waals surface area contributed by atoms with Crippen molar-refractivity contribution in [2.45, 2.75) is 13.8 Å². The molecular formula is C16H14IN5O3. The van der Waals surface area contributed by atoms with Crippen LogP contribution in [0, 0.1) is 17.4 Å². The van der Waals surface area contributed by atoms with Gasteiger partial charge in [0.2, 0.25) is 0 Å². The van der Waals surface area contributed by atoms with Crippen LogP contribution >= 0.6 is 22.6 Å². The first-order chi connectivity index (χ1) is 11.9. The molecule has 3 aromatic rings. The van der Waals surface area contributed by atoms with Crippen molar-refractivity contribution >= 4 is 45.9 Å². The van der Waals surface area contributed by atoms with Crippen LogP contribution < -0.4 is 5.32 Å². The fraction of sp³-hybridized carbons (Fsp3) is 0.188. The highest BCUT2D eigenvalue weighted by atomic mass is 127. The molecule has 8 nitrogen and oxygen atoms in total. The second-order valence-electron chi connectivity index (χ2n) is 5.32. The number of nitrogens with one attached hydrogen (secondary N) is 1. The summed E-state index contributed by atoms with van der Waals surface area (Å²) in [6.45, 7) is 3.24. The number of hydrogen-bond acceptors (Lipinski definition) is 6. The van der Waals surface area contributed by atoms with E-state index in [1.165, 1.54) is 4.52 Å². The lowest BCUT2D eigenvalue weighted by Crippen LogP contribution is -2.21. The minimum absolute atomic E-state index is 0.136. The monoisotopic (exact) mass is 451 g/mol. The highest BCUT2D eigenvalue weighted by Gasteiger charge is 2.17. The minimum Gasteiger partial charge on any atom is -0.450 e. The van der Waals surface area contributed by atoms with Crippen LogP contribution in [0.3, 0.4) is 0 Å². The summed E-state index contributed by atoms with van der Waals surface area (Å²) < 4.78 is 7.48. The summed E-state index contributed by atoms with van der Waals surface area (Å²) in [4.78, 5) is 32.1. The molecule has 1 amide bonds. The maximum atomic E-state index is 12.0. The Hall–Kier alpha value is -2.56. The van der Waals surface area contributed by atoms with E-state index < -0.39 is 18.5 Å². The summed E-state index contributed by atoms with van der Waals surface area (Å²) in [5.74, 6) is -1.04. The van der Waals surface area contributed by atoms with Crippen molar-refractivity contribution in [2.24, 2.45) is 0 Å². The highest BCUT2D eigenvalue weighted by molar-refractivity contribution is 14.1. The van der Waals surface area contributed by atoms with Gasteiger partial charge in [-0.05, 0) is 66.8 Å². The number of benzene rings is 1. The maximum absolute atomic E-state index is 12.0. The second-order valence-corrected chi connectivity index (χ2v) is 6.56. The largest absolute Gasteiger partial charge is 0.450 e. The lowest BCUT2D eigenvalue weighted by atomic mass is 10.3. The molecule has 0 radical (unpaired) electrons. The van der Waals surface area contributed by atoms with E-state index in [9.17, 15) is 9.59 Å². The van der Waals surface area contributed by atoms with Gasteiger partial charge in [-0.1, -0.05) is 0 Å². The molecule has 0 atom stereocenters. The molecule has 0 saturated carbocycles. The molecule has 9 heteroatoms. The predicted octanol–water partition coefficient (Wildman–Crippen LogP) is 2.14. The van der Waals surface area contributed by atoms with Gasteiger partial charge in [0.1, 0.15) is 0 Å². The molecule has 0 saturated heterocycles. The number of ether oxygens (including phenoxy) is 1. The Morgan fingerprint density at radius 3 is 2.64 bits per heavy atom. The van der Waals surface area contributed by atoms with E-state index in [-0.39, 0.29) is 5.82 Å². The van der Waals surface area contributed by atoms with Crippen molar-refractivity contribution < 1.29 is 14.3 Å². The summed E-state index contributed by atoms with van der Waals surface area (Å²) in [5, 5.41) is 6.70. The lowest BCUT2D eigenvalue weighted by molar-refractivity contribution is -0.119. The van der Waals surface area contributed by atoms with E-state index in [0.29, 0.717) is 11.5 Å². The van der Waals surface area contributed by atoms with Crippen molar-refractivity contribution in [1.82, 2.24) is 19.6 Å². The van der Waals surface area contributed by atoms with Crippen LogP contribution in [0.5, 0.6) is 0 Å². The lowest BCUT2D eigenvalue weighted by Gasteiger charge is -2.05. The van der Waals surface area contributed by atoms with Gasteiger partial charge in [-0.3, -0.25) is 4.79 Å². The molecule has 25 heavy (non-hydrogen) atoms. The zero-order chi connectivity index (χ0) is 18.0. The normalized spacial score (nSPS) is 10.7. The summed E-state index contributed by atoms with van der Waals surface area (Å²) in [7, 11) is 0. The van der Waals surface area contributed by atoms with Crippen LogP contribution in [0.1, 0.15) is 22.0 Å². The van der Waals surface area contributed by atoms with Gasteiger partial charge in [-0.2, -0.15) is 4.98 Å². The number of fused-ring (bicyclic) bond motifs is 1. The number of anilines is 1. The molecule has 0 aliphatic carbocycles. The van der Waals surface area contributed by atoms with Crippen LogP contribution in [-0.2, 0) is 9.53 Å². The third-order valence-corrected chi connectivity index (χ3v) is 3.98. The molecule has 0 aliphatic heterocycles. The Bertz CT molecular complexity index is 952. The quantitative estimate of drug-likeness (QED) is 0.482. The Balaban J connectivity index is 1.63. The first-order valence-electron chi connectivity index (χ1n) is 7.36. The Labute approximate surface area is 156 Å². The Morgan fingerprint density at radius 2 is 1.92 bits per heavy atom. The number of halogens is 1. The van der Waals surface area contributed by atoms with E-state index >= 15 is 0 Å². The Morgan fingerprint density at radius 1 is 1.20 bits per heavy atom. The number of aromatic nitrogens is 4. The summed E-state index contributed by atoms with van der Waals surface area (Å²) in [5.41, 5.74) is 2.20. The molecule has 0 aliphatic rings. The van der Waals surface area contributed by atoms with Crippen molar-refractivity contribution in [3.63, 3.8) is 0 Å². The van der Waals surface area contributed by atoms with Gasteiger partial charge in [0, 0.05) is 20.6 Å². The molecule has 0 fully saturated rings. The number of esters is 1. The van der Waals surface area contributed by atoms with Gasteiger partial charge in [-0.15, -0.1) is 5.10 Å². The van der Waals surface area contributed by atoms with Crippen LogP contribution in [0.2, 0.25) is 0 Å². The number of aryl methyl sites for hydroxylation is 2. The number of carbonyl (C=O) groups is 2. The predicted molar refractivity (Wildman–Crippen MR) is 98.3 cm³/mol. The van der Waals surface area contributed by atoms with E-state index in [1.807, 2.05) is 32.0 Å². The molecule has 3 rings (SSSR count). The molecule has 1 N–H and O–H groups in total. The van der Waals surface area contributed by atoms with E-state index in [4.69, 9.17) is 4.74 Å². The van der Waals surface area contributed by atoms with Crippen molar-refractivity contribution in [1.29, 1.82) is 0 Å². The third-order valence-electron chi connectivity index (χ3n) is 3.26. The maximum Gasteiger partial charge on any atom is 0.378 e.